The lowest BCUT2D eigenvalue weighted by atomic mass is 10.1. The number of quaternary nitrogens is 1. The molecule has 0 radical (unpaired) electrons. The van der Waals surface area contributed by atoms with Crippen molar-refractivity contribution in [1.82, 2.24) is 0 Å². The number of amides is 1. The number of halogens is 2. The van der Waals surface area contributed by atoms with Crippen LogP contribution in [0.2, 0.25) is 0 Å². The Hall–Kier alpha value is -2.57. The van der Waals surface area contributed by atoms with Crippen LogP contribution in [0.1, 0.15) is 16.5 Å². The lowest BCUT2D eigenvalue weighted by Crippen LogP contribution is -2.87. The molecule has 1 heterocycles. The first-order valence-electron chi connectivity index (χ1n) is 7.80. The summed E-state index contributed by atoms with van der Waals surface area (Å²) in [7, 11) is 0. The van der Waals surface area contributed by atoms with Crippen LogP contribution >= 0.6 is 11.3 Å². The molecule has 0 aliphatic rings. The summed E-state index contributed by atoms with van der Waals surface area (Å²) in [6.07, 6.45) is 0. The van der Waals surface area contributed by atoms with E-state index in [9.17, 15) is 13.6 Å². The maximum absolute atomic E-state index is 13.6. The standard InChI is InChI=1S/C19H16F2N2OS/c20-14-8-4-9-15(21)19(14)23-17(24)12-22-18(16-10-5-11-25-16)13-6-2-1-3-7-13/h1-11,18,22H,12H2,(H,23,24)/p+1/t18-/m0/s1. The van der Waals surface area contributed by atoms with Crippen molar-refractivity contribution in [3.05, 3.63) is 88.1 Å². The lowest BCUT2D eigenvalue weighted by molar-refractivity contribution is -0.675. The van der Waals surface area contributed by atoms with Crippen LogP contribution in [0.4, 0.5) is 14.5 Å². The van der Waals surface area contributed by atoms with E-state index in [0.717, 1.165) is 22.6 Å². The van der Waals surface area contributed by atoms with Gasteiger partial charge >= 0.3 is 0 Å². The fraction of sp³-hybridized carbons (Fsp3) is 0.105. The number of hydrogen-bond donors (Lipinski definition) is 2. The van der Waals surface area contributed by atoms with E-state index < -0.39 is 23.2 Å². The Labute approximate surface area is 148 Å². The largest absolute Gasteiger partial charge is 0.328 e. The van der Waals surface area contributed by atoms with Crippen LogP contribution in [0.25, 0.3) is 0 Å². The van der Waals surface area contributed by atoms with Crippen LogP contribution in [0.15, 0.2) is 66.0 Å². The average Bonchev–Trinajstić information content (AvgIpc) is 3.14. The Morgan fingerprint density at radius 3 is 2.36 bits per heavy atom. The molecule has 1 aromatic heterocycles. The summed E-state index contributed by atoms with van der Waals surface area (Å²) in [5.74, 6) is -2.03. The number of carbonyl (C=O) groups is 1. The van der Waals surface area contributed by atoms with Gasteiger partial charge in [0, 0.05) is 5.56 Å². The molecular formula is C19H17F2N2OS+. The van der Waals surface area contributed by atoms with Gasteiger partial charge in [-0.1, -0.05) is 42.5 Å². The minimum atomic E-state index is -0.786. The van der Waals surface area contributed by atoms with E-state index in [-0.39, 0.29) is 12.6 Å². The molecule has 3 nitrogen and oxygen atoms in total. The minimum absolute atomic E-state index is 0.0441. The predicted octanol–water partition coefficient (Wildman–Crippen LogP) is 3.32. The van der Waals surface area contributed by atoms with Gasteiger partial charge in [-0.3, -0.25) is 4.79 Å². The number of benzene rings is 2. The van der Waals surface area contributed by atoms with Crippen molar-refractivity contribution in [2.24, 2.45) is 0 Å². The Bertz CT molecular complexity index is 818. The minimum Gasteiger partial charge on any atom is -0.328 e. The van der Waals surface area contributed by atoms with Gasteiger partial charge < -0.3 is 10.6 Å². The third kappa shape index (κ3) is 4.29. The van der Waals surface area contributed by atoms with E-state index in [1.807, 2.05) is 53.2 Å². The number of thiophene rings is 1. The van der Waals surface area contributed by atoms with Crippen LogP contribution < -0.4 is 10.6 Å². The maximum atomic E-state index is 13.6. The van der Waals surface area contributed by atoms with Crippen molar-refractivity contribution in [3.8, 4) is 0 Å². The first-order valence-corrected chi connectivity index (χ1v) is 8.68. The zero-order chi connectivity index (χ0) is 17.6. The first kappa shape index (κ1) is 17.3. The van der Waals surface area contributed by atoms with E-state index >= 15 is 0 Å². The lowest BCUT2D eigenvalue weighted by Gasteiger charge is -2.15. The molecule has 2 aromatic carbocycles. The molecule has 0 spiro atoms. The molecule has 3 aromatic rings. The van der Waals surface area contributed by atoms with Crippen molar-refractivity contribution < 1.29 is 18.9 Å². The van der Waals surface area contributed by atoms with Gasteiger partial charge in [0.1, 0.15) is 23.4 Å². The highest BCUT2D eigenvalue weighted by molar-refractivity contribution is 7.10. The Balaban J connectivity index is 1.70. The van der Waals surface area contributed by atoms with Gasteiger partial charge in [0.15, 0.2) is 6.54 Å². The Morgan fingerprint density at radius 2 is 1.72 bits per heavy atom. The molecule has 6 heteroatoms. The second-order valence-electron chi connectivity index (χ2n) is 5.49. The van der Waals surface area contributed by atoms with E-state index in [0.29, 0.717) is 0 Å². The summed E-state index contributed by atoms with van der Waals surface area (Å²) in [5, 5.41) is 6.15. The molecule has 0 saturated heterocycles. The second-order valence-corrected chi connectivity index (χ2v) is 6.47. The molecule has 3 N–H and O–H groups in total. The highest BCUT2D eigenvalue weighted by Gasteiger charge is 2.20. The number of anilines is 1. The van der Waals surface area contributed by atoms with Crippen LogP contribution in [0.3, 0.4) is 0 Å². The number of nitrogens with one attached hydrogen (secondary N) is 1. The van der Waals surface area contributed by atoms with E-state index in [1.54, 1.807) is 11.3 Å². The summed E-state index contributed by atoms with van der Waals surface area (Å²) in [5.41, 5.74) is 0.656. The molecule has 0 bridgehead atoms. The van der Waals surface area contributed by atoms with Gasteiger partial charge in [-0.25, -0.2) is 8.78 Å². The van der Waals surface area contributed by atoms with Crippen LogP contribution in [-0.4, -0.2) is 12.5 Å². The Kier molecular flexibility index (Phi) is 5.53. The molecule has 1 atom stereocenters. The highest BCUT2D eigenvalue weighted by Crippen LogP contribution is 2.22. The van der Waals surface area contributed by atoms with Gasteiger partial charge in [0.25, 0.3) is 5.91 Å². The smallest absolute Gasteiger partial charge is 0.279 e. The number of rotatable bonds is 6. The average molecular weight is 359 g/mol. The zero-order valence-electron chi connectivity index (χ0n) is 13.3. The fourth-order valence-corrected chi connectivity index (χ4v) is 3.43. The van der Waals surface area contributed by atoms with Crippen molar-refractivity contribution in [1.29, 1.82) is 0 Å². The molecule has 0 aliphatic heterocycles. The molecule has 0 aliphatic carbocycles. The summed E-state index contributed by atoms with van der Waals surface area (Å²) in [6, 6.07) is 17.2. The molecule has 0 unspecified atom stereocenters. The zero-order valence-corrected chi connectivity index (χ0v) is 14.1. The SMILES string of the molecule is O=C(C[NH2+][C@@H](c1ccccc1)c1cccs1)Nc1c(F)cccc1F. The van der Waals surface area contributed by atoms with E-state index in [2.05, 4.69) is 5.32 Å². The summed E-state index contributed by atoms with van der Waals surface area (Å²) < 4.78 is 27.3. The van der Waals surface area contributed by atoms with Gasteiger partial charge in [0.2, 0.25) is 0 Å². The highest BCUT2D eigenvalue weighted by atomic mass is 32.1. The van der Waals surface area contributed by atoms with Crippen LogP contribution in [0.5, 0.6) is 0 Å². The van der Waals surface area contributed by atoms with E-state index in [4.69, 9.17) is 0 Å². The quantitative estimate of drug-likeness (QED) is 0.697. The number of carbonyl (C=O) groups excluding carboxylic acids is 1. The van der Waals surface area contributed by atoms with Crippen molar-refractivity contribution >= 4 is 22.9 Å². The third-order valence-corrected chi connectivity index (χ3v) is 4.73. The molecule has 0 fully saturated rings. The topological polar surface area (TPSA) is 45.7 Å². The number of hydrogen-bond acceptors (Lipinski definition) is 2. The molecule has 25 heavy (non-hydrogen) atoms. The number of nitrogens with two attached hydrogens (primary N) is 1. The summed E-state index contributed by atoms with van der Waals surface area (Å²) in [4.78, 5) is 13.3. The van der Waals surface area contributed by atoms with E-state index in [1.165, 1.54) is 6.07 Å². The van der Waals surface area contributed by atoms with Crippen molar-refractivity contribution in [3.63, 3.8) is 0 Å². The third-order valence-electron chi connectivity index (χ3n) is 3.77. The summed E-state index contributed by atoms with van der Waals surface area (Å²) >= 11 is 1.60. The molecule has 3 rings (SSSR count). The molecule has 0 saturated carbocycles. The van der Waals surface area contributed by atoms with Crippen molar-refractivity contribution in [2.75, 3.05) is 11.9 Å². The normalized spacial score (nSPS) is 11.9. The van der Waals surface area contributed by atoms with Gasteiger partial charge in [-0.05, 0) is 23.6 Å². The van der Waals surface area contributed by atoms with Gasteiger partial charge in [-0.2, -0.15) is 0 Å². The van der Waals surface area contributed by atoms with Crippen LogP contribution in [0, 0.1) is 11.6 Å². The molecule has 128 valence electrons. The maximum Gasteiger partial charge on any atom is 0.279 e. The van der Waals surface area contributed by atoms with Gasteiger partial charge in [-0.15, -0.1) is 11.3 Å². The predicted molar refractivity (Wildman–Crippen MR) is 94.4 cm³/mol. The first-order chi connectivity index (χ1) is 12.1. The van der Waals surface area contributed by atoms with Gasteiger partial charge in [0.05, 0.1) is 4.88 Å². The second kappa shape index (κ2) is 8.00. The molecule has 1 amide bonds. The van der Waals surface area contributed by atoms with Crippen LogP contribution in [-0.2, 0) is 4.79 Å². The monoisotopic (exact) mass is 359 g/mol. The fourth-order valence-electron chi connectivity index (χ4n) is 2.58. The Morgan fingerprint density at radius 1 is 1.00 bits per heavy atom. The number of para-hydroxylation sites is 1. The summed E-state index contributed by atoms with van der Waals surface area (Å²) in [6.45, 7) is 0.0469. The molecular weight excluding hydrogens is 342 g/mol. The van der Waals surface area contributed by atoms with Crippen molar-refractivity contribution in [2.45, 2.75) is 6.04 Å².